The molecule has 1 saturated heterocycles. The van der Waals surface area contributed by atoms with Crippen molar-refractivity contribution in [1.82, 2.24) is 14.7 Å². The van der Waals surface area contributed by atoms with Gasteiger partial charge in [-0.3, -0.25) is 9.59 Å². The predicted octanol–water partition coefficient (Wildman–Crippen LogP) is 4.13. The summed E-state index contributed by atoms with van der Waals surface area (Å²) in [6, 6.07) is 22.2. The largest absolute Gasteiger partial charge is 0.486 e. The van der Waals surface area contributed by atoms with Gasteiger partial charge in [-0.2, -0.15) is 9.78 Å². The SMILES string of the molecule is O=C(c1nn(-c2ccccc2)c(=O)c2ccccc12)N1CCC[C@@H]1c1ccc2c(c1)OCCO2. The number of carbonyl (C=O) groups excluding carboxylic acids is 1. The minimum atomic E-state index is -0.247. The standard InChI is InChI=1S/C27H23N3O4/c31-26-21-10-5-4-9-20(21)25(28-30(26)19-7-2-1-3-8-19)27(32)29-14-6-11-22(29)18-12-13-23-24(17-18)34-16-15-33-23/h1-5,7-10,12-13,17,22H,6,11,14-16H2/t22-/m1/s1. The van der Waals surface area contributed by atoms with Gasteiger partial charge >= 0.3 is 0 Å². The van der Waals surface area contributed by atoms with Crippen LogP contribution in [0.25, 0.3) is 16.5 Å². The van der Waals surface area contributed by atoms with Crippen LogP contribution in [0.5, 0.6) is 11.5 Å². The van der Waals surface area contributed by atoms with Gasteiger partial charge in [0, 0.05) is 11.9 Å². The summed E-state index contributed by atoms with van der Waals surface area (Å²) in [5, 5.41) is 5.62. The van der Waals surface area contributed by atoms with E-state index >= 15 is 0 Å². The van der Waals surface area contributed by atoms with E-state index in [1.807, 2.05) is 59.5 Å². The molecule has 1 atom stereocenters. The molecule has 0 aliphatic carbocycles. The topological polar surface area (TPSA) is 73.7 Å². The van der Waals surface area contributed by atoms with Crippen LogP contribution in [0.1, 0.15) is 34.9 Å². The summed E-state index contributed by atoms with van der Waals surface area (Å²) >= 11 is 0. The molecule has 6 rings (SSSR count). The molecule has 1 fully saturated rings. The zero-order valence-corrected chi connectivity index (χ0v) is 18.5. The third kappa shape index (κ3) is 3.41. The van der Waals surface area contributed by atoms with Crippen LogP contribution in [-0.2, 0) is 0 Å². The van der Waals surface area contributed by atoms with Crippen molar-refractivity contribution < 1.29 is 14.3 Å². The highest BCUT2D eigenvalue weighted by molar-refractivity contribution is 6.05. The normalized spacial score (nSPS) is 17.2. The third-order valence-corrected chi connectivity index (χ3v) is 6.47. The maximum atomic E-state index is 13.9. The summed E-state index contributed by atoms with van der Waals surface area (Å²) in [4.78, 5) is 29.0. The minimum Gasteiger partial charge on any atom is -0.486 e. The monoisotopic (exact) mass is 453 g/mol. The second-order valence-corrected chi connectivity index (χ2v) is 8.51. The van der Waals surface area contributed by atoms with Crippen molar-refractivity contribution in [2.24, 2.45) is 0 Å². The molecule has 3 heterocycles. The van der Waals surface area contributed by atoms with E-state index in [-0.39, 0.29) is 23.2 Å². The van der Waals surface area contributed by atoms with Crippen molar-refractivity contribution in [2.45, 2.75) is 18.9 Å². The van der Waals surface area contributed by atoms with Crippen LogP contribution < -0.4 is 15.0 Å². The van der Waals surface area contributed by atoms with Crippen molar-refractivity contribution in [3.63, 3.8) is 0 Å². The highest BCUT2D eigenvalue weighted by atomic mass is 16.6. The van der Waals surface area contributed by atoms with Gasteiger partial charge in [-0.25, -0.2) is 0 Å². The first-order chi connectivity index (χ1) is 16.7. The van der Waals surface area contributed by atoms with Gasteiger partial charge in [0.2, 0.25) is 0 Å². The first kappa shape index (κ1) is 20.5. The number of amides is 1. The fraction of sp³-hybridized carbons (Fsp3) is 0.222. The lowest BCUT2D eigenvalue weighted by Crippen LogP contribution is -2.34. The van der Waals surface area contributed by atoms with Crippen LogP contribution in [0.4, 0.5) is 0 Å². The second-order valence-electron chi connectivity index (χ2n) is 8.51. The molecule has 1 amide bonds. The Morgan fingerprint density at radius 1 is 0.882 bits per heavy atom. The van der Waals surface area contributed by atoms with Crippen molar-refractivity contribution in [1.29, 1.82) is 0 Å². The van der Waals surface area contributed by atoms with Gasteiger partial charge in [0.15, 0.2) is 17.2 Å². The predicted molar refractivity (Wildman–Crippen MR) is 128 cm³/mol. The van der Waals surface area contributed by atoms with Crippen molar-refractivity contribution in [3.8, 4) is 17.2 Å². The number of fused-ring (bicyclic) bond motifs is 2. The maximum absolute atomic E-state index is 13.9. The third-order valence-electron chi connectivity index (χ3n) is 6.47. The zero-order chi connectivity index (χ0) is 23.1. The van der Waals surface area contributed by atoms with E-state index in [0.29, 0.717) is 42.0 Å². The lowest BCUT2D eigenvalue weighted by atomic mass is 10.0. The summed E-state index contributed by atoms with van der Waals surface area (Å²) in [5.41, 5.74) is 1.67. The first-order valence-corrected chi connectivity index (χ1v) is 11.5. The van der Waals surface area contributed by atoms with E-state index in [9.17, 15) is 9.59 Å². The molecule has 0 saturated carbocycles. The number of hydrogen-bond acceptors (Lipinski definition) is 5. The summed E-state index contributed by atoms with van der Waals surface area (Å²) in [5.74, 6) is 1.26. The van der Waals surface area contributed by atoms with E-state index < -0.39 is 0 Å². The van der Waals surface area contributed by atoms with Crippen LogP contribution in [0.3, 0.4) is 0 Å². The zero-order valence-electron chi connectivity index (χ0n) is 18.5. The molecule has 7 nitrogen and oxygen atoms in total. The number of hydrogen-bond donors (Lipinski definition) is 0. The minimum absolute atomic E-state index is 0.0963. The fourth-order valence-corrected chi connectivity index (χ4v) is 4.85. The Morgan fingerprint density at radius 3 is 2.44 bits per heavy atom. The molecule has 7 heteroatoms. The average Bonchev–Trinajstić information content (AvgIpc) is 3.39. The highest BCUT2D eigenvalue weighted by Gasteiger charge is 2.33. The van der Waals surface area contributed by atoms with E-state index in [2.05, 4.69) is 5.10 Å². The van der Waals surface area contributed by atoms with E-state index in [1.165, 1.54) is 4.68 Å². The van der Waals surface area contributed by atoms with Crippen molar-refractivity contribution in [2.75, 3.05) is 19.8 Å². The van der Waals surface area contributed by atoms with Gasteiger partial charge in [-0.1, -0.05) is 42.5 Å². The molecule has 0 spiro atoms. The van der Waals surface area contributed by atoms with Crippen LogP contribution in [-0.4, -0.2) is 40.3 Å². The molecule has 2 aliphatic heterocycles. The lowest BCUT2D eigenvalue weighted by Gasteiger charge is -2.27. The van der Waals surface area contributed by atoms with Gasteiger partial charge in [-0.15, -0.1) is 0 Å². The number of para-hydroxylation sites is 1. The molecule has 0 unspecified atom stereocenters. The van der Waals surface area contributed by atoms with Gasteiger partial charge in [0.05, 0.1) is 17.1 Å². The summed E-state index contributed by atoms with van der Waals surface area (Å²) in [6.07, 6.45) is 1.74. The molecule has 0 radical (unpaired) electrons. The Balaban J connectivity index is 1.44. The van der Waals surface area contributed by atoms with Crippen LogP contribution in [0, 0.1) is 0 Å². The van der Waals surface area contributed by atoms with E-state index in [4.69, 9.17) is 9.47 Å². The molecule has 2 aliphatic rings. The fourth-order valence-electron chi connectivity index (χ4n) is 4.85. The van der Waals surface area contributed by atoms with Crippen LogP contribution in [0.2, 0.25) is 0 Å². The summed E-state index contributed by atoms with van der Waals surface area (Å²) in [6.45, 7) is 1.68. The number of rotatable bonds is 3. The average molecular weight is 453 g/mol. The van der Waals surface area contributed by atoms with Crippen molar-refractivity contribution in [3.05, 3.63) is 94.4 Å². The Hall–Kier alpha value is -4.13. The van der Waals surface area contributed by atoms with Gasteiger partial charge in [-0.05, 0) is 48.7 Å². The highest BCUT2D eigenvalue weighted by Crippen LogP contribution is 2.38. The molecular weight excluding hydrogens is 430 g/mol. The van der Waals surface area contributed by atoms with Gasteiger partial charge in [0.25, 0.3) is 11.5 Å². The number of aromatic nitrogens is 2. The molecular formula is C27H23N3O4. The Kier molecular flexibility index (Phi) is 5.02. The molecule has 4 aromatic rings. The molecule has 34 heavy (non-hydrogen) atoms. The van der Waals surface area contributed by atoms with Crippen LogP contribution in [0.15, 0.2) is 77.6 Å². The van der Waals surface area contributed by atoms with Crippen molar-refractivity contribution >= 4 is 16.7 Å². The quantitative estimate of drug-likeness (QED) is 0.466. The van der Waals surface area contributed by atoms with E-state index in [1.54, 1.807) is 18.2 Å². The van der Waals surface area contributed by atoms with Gasteiger partial charge in [0.1, 0.15) is 13.2 Å². The Bertz CT molecular complexity index is 1450. The molecule has 3 aromatic carbocycles. The van der Waals surface area contributed by atoms with E-state index in [0.717, 1.165) is 24.2 Å². The number of ether oxygens (including phenoxy) is 2. The molecule has 0 bridgehead atoms. The lowest BCUT2D eigenvalue weighted by molar-refractivity contribution is 0.0729. The molecule has 1 aromatic heterocycles. The summed E-state index contributed by atoms with van der Waals surface area (Å²) < 4.78 is 12.7. The Labute approximate surface area is 196 Å². The van der Waals surface area contributed by atoms with Gasteiger partial charge < -0.3 is 14.4 Å². The molecule has 170 valence electrons. The molecule has 0 N–H and O–H groups in total. The second kappa shape index (κ2) is 8.33. The number of likely N-dealkylation sites (tertiary alicyclic amines) is 1. The summed E-state index contributed by atoms with van der Waals surface area (Å²) in [7, 11) is 0. The number of carbonyl (C=O) groups is 1. The first-order valence-electron chi connectivity index (χ1n) is 11.5. The maximum Gasteiger partial charge on any atom is 0.279 e. The number of nitrogens with zero attached hydrogens (tertiary/aromatic N) is 3. The smallest absolute Gasteiger partial charge is 0.279 e. The Morgan fingerprint density at radius 2 is 1.62 bits per heavy atom. The van der Waals surface area contributed by atoms with Crippen LogP contribution >= 0.6 is 0 Å². The number of benzene rings is 3.